The number of hydrogen-bond acceptors (Lipinski definition) is 1. The van der Waals surface area contributed by atoms with Gasteiger partial charge >= 0.3 is 0 Å². The van der Waals surface area contributed by atoms with Crippen LogP contribution in [0, 0.1) is 11.6 Å². The van der Waals surface area contributed by atoms with Crippen LogP contribution in [0.2, 0.25) is 0 Å². The third-order valence-electron chi connectivity index (χ3n) is 2.40. The van der Waals surface area contributed by atoms with E-state index in [1.165, 1.54) is 12.1 Å². The molecule has 1 rings (SSSR count). The molecule has 0 heterocycles. The minimum absolute atomic E-state index is 0.406. The smallest absolute Gasteiger partial charge is 0.159 e. The zero-order valence-corrected chi connectivity index (χ0v) is 9.19. The molecule has 1 nitrogen and oxygen atoms in total. The van der Waals surface area contributed by atoms with Crippen molar-refractivity contribution in [3.63, 3.8) is 0 Å². The van der Waals surface area contributed by atoms with Crippen LogP contribution in [0.4, 0.5) is 8.78 Å². The summed E-state index contributed by atoms with van der Waals surface area (Å²) in [5, 5.41) is 3.27. The number of aryl methyl sites for hydroxylation is 1. The Morgan fingerprint density at radius 2 is 2.00 bits per heavy atom. The van der Waals surface area contributed by atoms with Gasteiger partial charge in [0.2, 0.25) is 0 Å². The first kappa shape index (κ1) is 12.1. The quantitative estimate of drug-likeness (QED) is 0.793. The van der Waals surface area contributed by atoms with E-state index in [9.17, 15) is 8.78 Å². The predicted octanol–water partition coefficient (Wildman–Crippen LogP) is 2.90. The summed E-state index contributed by atoms with van der Waals surface area (Å²) < 4.78 is 25.5. The van der Waals surface area contributed by atoms with E-state index in [0.717, 1.165) is 24.9 Å². The summed E-state index contributed by atoms with van der Waals surface area (Å²) in [4.78, 5) is 0. The van der Waals surface area contributed by atoms with Crippen molar-refractivity contribution in [2.24, 2.45) is 0 Å². The highest BCUT2D eigenvalue weighted by atomic mass is 19.2. The lowest BCUT2D eigenvalue weighted by Crippen LogP contribution is -2.25. The minimum Gasteiger partial charge on any atom is -0.315 e. The number of hydrogen-bond donors (Lipinski definition) is 1. The molecule has 0 bridgehead atoms. The summed E-state index contributed by atoms with van der Waals surface area (Å²) in [5.74, 6) is -1.54. The number of halogens is 2. The fourth-order valence-electron chi connectivity index (χ4n) is 1.53. The minimum atomic E-state index is -0.779. The van der Waals surface area contributed by atoms with Crippen LogP contribution in [0.5, 0.6) is 0 Å². The molecule has 0 aliphatic heterocycles. The summed E-state index contributed by atoms with van der Waals surface area (Å²) >= 11 is 0. The maximum Gasteiger partial charge on any atom is 0.159 e. The number of benzene rings is 1. The van der Waals surface area contributed by atoms with Gasteiger partial charge in [-0.2, -0.15) is 0 Å². The van der Waals surface area contributed by atoms with Gasteiger partial charge in [0.1, 0.15) is 0 Å². The highest BCUT2D eigenvalue weighted by Gasteiger charge is 2.04. The van der Waals surface area contributed by atoms with Crippen LogP contribution in [0.1, 0.15) is 25.8 Å². The van der Waals surface area contributed by atoms with E-state index in [2.05, 4.69) is 12.2 Å². The lowest BCUT2D eigenvalue weighted by Gasteiger charge is -2.11. The molecule has 1 atom stereocenters. The average molecular weight is 213 g/mol. The molecule has 0 saturated carbocycles. The first-order valence-corrected chi connectivity index (χ1v) is 5.30. The van der Waals surface area contributed by atoms with Crippen LogP contribution in [0.3, 0.4) is 0 Å². The fourth-order valence-corrected chi connectivity index (χ4v) is 1.53. The van der Waals surface area contributed by atoms with Crippen molar-refractivity contribution >= 4 is 0 Å². The van der Waals surface area contributed by atoms with E-state index in [4.69, 9.17) is 0 Å². The molecule has 0 aliphatic carbocycles. The number of nitrogens with one attached hydrogen (secondary N) is 1. The van der Waals surface area contributed by atoms with Crippen LogP contribution in [0.25, 0.3) is 0 Å². The summed E-state index contributed by atoms with van der Waals surface area (Å²) in [6, 6.07) is 4.50. The summed E-state index contributed by atoms with van der Waals surface area (Å²) in [6.45, 7) is 5.07. The van der Waals surface area contributed by atoms with E-state index >= 15 is 0 Å². The summed E-state index contributed by atoms with van der Waals surface area (Å²) in [7, 11) is 0. The van der Waals surface area contributed by atoms with E-state index in [1.54, 1.807) is 6.07 Å². The van der Waals surface area contributed by atoms with Gasteiger partial charge < -0.3 is 5.32 Å². The molecule has 1 unspecified atom stereocenters. The predicted molar refractivity (Wildman–Crippen MR) is 57.8 cm³/mol. The van der Waals surface area contributed by atoms with Gasteiger partial charge in [0.25, 0.3) is 0 Å². The molecule has 1 N–H and O–H groups in total. The Morgan fingerprint density at radius 3 is 2.60 bits per heavy atom. The lowest BCUT2D eigenvalue weighted by atomic mass is 10.1. The third-order valence-corrected chi connectivity index (χ3v) is 2.40. The lowest BCUT2D eigenvalue weighted by molar-refractivity contribution is 0.503. The Morgan fingerprint density at radius 1 is 1.27 bits per heavy atom. The molecule has 1 aromatic rings. The van der Waals surface area contributed by atoms with E-state index < -0.39 is 11.6 Å². The Balaban J connectivity index is 2.47. The van der Waals surface area contributed by atoms with Crippen molar-refractivity contribution in [2.45, 2.75) is 32.7 Å². The van der Waals surface area contributed by atoms with Crippen molar-refractivity contribution in [2.75, 3.05) is 6.54 Å². The second-order valence-electron chi connectivity index (χ2n) is 3.75. The van der Waals surface area contributed by atoms with Crippen LogP contribution in [-0.2, 0) is 6.42 Å². The fraction of sp³-hybridized carbons (Fsp3) is 0.500. The van der Waals surface area contributed by atoms with Crippen LogP contribution in [0.15, 0.2) is 18.2 Å². The zero-order chi connectivity index (χ0) is 11.3. The van der Waals surface area contributed by atoms with Crippen molar-refractivity contribution in [3.8, 4) is 0 Å². The number of rotatable bonds is 5. The standard InChI is InChI=1S/C12H17F2N/c1-3-15-9(2)4-5-10-6-7-11(13)12(14)8-10/h6-9,15H,3-5H2,1-2H3. The van der Waals surface area contributed by atoms with E-state index in [0.29, 0.717) is 6.04 Å². The highest BCUT2D eigenvalue weighted by molar-refractivity contribution is 5.17. The molecule has 1 aromatic carbocycles. The van der Waals surface area contributed by atoms with Gasteiger partial charge in [0.15, 0.2) is 11.6 Å². The van der Waals surface area contributed by atoms with Crippen molar-refractivity contribution in [1.29, 1.82) is 0 Å². The molecule has 0 amide bonds. The highest BCUT2D eigenvalue weighted by Crippen LogP contribution is 2.11. The van der Waals surface area contributed by atoms with Crippen LogP contribution < -0.4 is 5.32 Å². The molecule has 0 saturated heterocycles. The molecule has 15 heavy (non-hydrogen) atoms. The van der Waals surface area contributed by atoms with Crippen molar-refractivity contribution < 1.29 is 8.78 Å². The van der Waals surface area contributed by atoms with Gasteiger partial charge in [-0.25, -0.2) is 8.78 Å². The Hall–Kier alpha value is -0.960. The van der Waals surface area contributed by atoms with Crippen LogP contribution in [-0.4, -0.2) is 12.6 Å². The van der Waals surface area contributed by atoms with Gasteiger partial charge in [0.05, 0.1) is 0 Å². The second-order valence-corrected chi connectivity index (χ2v) is 3.75. The van der Waals surface area contributed by atoms with Gasteiger partial charge in [-0.05, 0) is 44.0 Å². The third kappa shape index (κ3) is 3.96. The SMILES string of the molecule is CCNC(C)CCc1ccc(F)c(F)c1. The first-order valence-electron chi connectivity index (χ1n) is 5.30. The monoisotopic (exact) mass is 213 g/mol. The normalized spacial score (nSPS) is 12.8. The molecule has 0 aliphatic rings. The molecule has 0 fully saturated rings. The Bertz CT molecular complexity index is 312. The van der Waals surface area contributed by atoms with Gasteiger partial charge in [0, 0.05) is 6.04 Å². The first-order chi connectivity index (χ1) is 7.13. The summed E-state index contributed by atoms with van der Waals surface area (Å²) in [5.41, 5.74) is 0.846. The Labute approximate surface area is 89.5 Å². The molecule has 84 valence electrons. The second kappa shape index (κ2) is 5.81. The average Bonchev–Trinajstić information content (AvgIpc) is 2.20. The van der Waals surface area contributed by atoms with Gasteiger partial charge in [-0.15, -0.1) is 0 Å². The zero-order valence-electron chi connectivity index (χ0n) is 9.19. The largest absolute Gasteiger partial charge is 0.315 e. The topological polar surface area (TPSA) is 12.0 Å². The molecular weight excluding hydrogens is 196 g/mol. The summed E-state index contributed by atoms with van der Waals surface area (Å²) in [6.07, 6.45) is 1.70. The maximum absolute atomic E-state index is 12.9. The molecule has 0 aromatic heterocycles. The molecular formula is C12H17F2N. The molecule has 3 heteroatoms. The maximum atomic E-state index is 12.9. The van der Waals surface area contributed by atoms with Gasteiger partial charge in [-0.3, -0.25) is 0 Å². The molecule has 0 radical (unpaired) electrons. The molecule has 0 spiro atoms. The van der Waals surface area contributed by atoms with Gasteiger partial charge in [-0.1, -0.05) is 13.0 Å². The van der Waals surface area contributed by atoms with Crippen LogP contribution >= 0.6 is 0 Å². The van der Waals surface area contributed by atoms with E-state index in [-0.39, 0.29) is 0 Å². The Kier molecular flexibility index (Phi) is 4.69. The van der Waals surface area contributed by atoms with E-state index in [1.807, 2.05) is 6.92 Å². The van der Waals surface area contributed by atoms with Crippen molar-refractivity contribution in [3.05, 3.63) is 35.4 Å². The van der Waals surface area contributed by atoms with Crippen molar-refractivity contribution in [1.82, 2.24) is 5.32 Å².